The Hall–Kier alpha value is -2.11. The Balaban J connectivity index is 1.37. The summed E-state index contributed by atoms with van der Waals surface area (Å²) in [6.45, 7) is 2.35. The van der Waals surface area contributed by atoms with Crippen molar-refractivity contribution in [3.05, 3.63) is 33.9 Å². The van der Waals surface area contributed by atoms with Crippen molar-refractivity contribution in [2.75, 3.05) is 24.5 Å². The summed E-state index contributed by atoms with van der Waals surface area (Å²) < 4.78 is 0. The number of nitro benzene ring substituents is 1. The molecule has 2 saturated carbocycles. The molecule has 1 aromatic rings. The first-order chi connectivity index (χ1) is 12.6. The molecule has 2 aliphatic carbocycles. The summed E-state index contributed by atoms with van der Waals surface area (Å²) >= 11 is 0. The van der Waals surface area contributed by atoms with Crippen molar-refractivity contribution in [3.63, 3.8) is 0 Å². The van der Waals surface area contributed by atoms with E-state index >= 15 is 0 Å². The van der Waals surface area contributed by atoms with Crippen LogP contribution < -0.4 is 10.2 Å². The van der Waals surface area contributed by atoms with Gasteiger partial charge in [0, 0.05) is 31.3 Å². The van der Waals surface area contributed by atoms with E-state index in [0.717, 1.165) is 50.1 Å². The van der Waals surface area contributed by atoms with Gasteiger partial charge in [0.15, 0.2) is 0 Å². The third kappa shape index (κ3) is 3.41. The largest absolute Gasteiger partial charge is 0.366 e. The van der Waals surface area contributed by atoms with Gasteiger partial charge in [-0.15, -0.1) is 0 Å². The number of amides is 1. The Labute approximate surface area is 154 Å². The number of carbonyl (C=O) groups excluding carboxylic acids is 1. The van der Waals surface area contributed by atoms with Gasteiger partial charge in [0.1, 0.15) is 5.69 Å². The van der Waals surface area contributed by atoms with Crippen molar-refractivity contribution in [2.24, 2.45) is 17.8 Å². The van der Waals surface area contributed by atoms with Crippen molar-refractivity contribution in [3.8, 4) is 0 Å². The SMILES string of the molecule is O=C(NCCC1CC2CCC1C2)c1ccc(N2CCCC2)c([N+](=O)[O-])c1. The molecule has 0 spiro atoms. The number of nitrogens with one attached hydrogen (secondary N) is 1. The van der Waals surface area contributed by atoms with Crippen LogP contribution in [0.15, 0.2) is 18.2 Å². The zero-order valence-corrected chi connectivity index (χ0v) is 15.2. The summed E-state index contributed by atoms with van der Waals surface area (Å²) in [5, 5.41) is 14.4. The maximum atomic E-state index is 12.4. The summed E-state index contributed by atoms with van der Waals surface area (Å²) in [6, 6.07) is 4.88. The number of rotatable bonds is 6. The molecule has 6 nitrogen and oxygen atoms in total. The van der Waals surface area contributed by atoms with Crippen molar-refractivity contribution in [2.45, 2.75) is 44.9 Å². The highest BCUT2D eigenvalue weighted by molar-refractivity contribution is 5.95. The lowest BCUT2D eigenvalue weighted by Gasteiger charge is -2.21. The molecule has 4 rings (SSSR count). The molecule has 140 valence electrons. The normalized spacial score (nSPS) is 27.1. The van der Waals surface area contributed by atoms with Crippen molar-refractivity contribution >= 4 is 17.3 Å². The van der Waals surface area contributed by atoms with Gasteiger partial charge in [0.05, 0.1) is 4.92 Å². The number of benzene rings is 1. The Kier molecular flexibility index (Phi) is 4.83. The van der Waals surface area contributed by atoms with Gasteiger partial charge in [-0.2, -0.15) is 0 Å². The molecule has 1 aliphatic heterocycles. The van der Waals surface area contributed by atoms with E-state index in [-0.39, 0.29) is 16.5 Å². The summed E-state index contributed by atoms with van der Waals surface area (Å²) in [5.74, 6) is 2.32. The number of carbonyl (C=O) groups is 1. The molecule has 6 heteroatoms. The van der Waals surface area contributed by atoms with Crippen LogP contribution in [0.5, 0.6) is 0 Å². The lowest BCUT2D eigenvalue weighted by Crippen LogP contribution is -2.27. The van der Waals surface area contributed by atoms with E-state index in [1.165, 1.54) is 31.7 Å². The molecule has 1 aromatic carbocycles. The smallest absolute Gasteiger partial charge is 0.293 e. The third-order valence-electron chi connectivity index (χ3n) is 6.57. The molecule has 2 bridgehead atoms. The molecular weight excluding hydrogens is 330 g/mol. The fraction of sp³-hybridized carbons (Fsp3) is 0.650. The van der Waals surface area contributed by atoms with Crippen LogP contribution >= 0.6 is 0 Å². The van der Waals surface area contributed by atoms with Gasteiger partial charge in [-0.05, 0) is 68.4 Å². The molecule has 3 atom stereocenters. The van der Waals surface area contributed by atoms with Crippen LogP contribution in [-0.4, -0.2) is 30.5 Å². The third-order valence-corrected chi connectivity index (χ3v) is 6.57. The van der Waals surface area contributed by atoms with Gasteiger partial charge < -0.3 is 10.2 Å². The maximum absolute atomic E-state index is 12.4. The van der Waals surface area contributed by atoms with Gasteiger partial charge in [-0.3, -0.25) is 14.9 Å². The van der Waals surface area contributed by atoms with Crippen LogP contribution in [0.25, 0.3) is 0 Å². The average Bonchev–Trinajstić information content (AvgIpc) is 3.39. The molecule has 3 unspecified atom stereocenters. The van der Waals surface area contributed by atoms with E-state index in [1.807, 2.05) is 4.90 Å². The predicted octanol–water partition coefficient (Wildman–Crippen LogP) is 3.75. The standard InChI is InChI=1S/C20H27N3O3/c24-20(21-8-7-16-12-14-3-4-15(16)11-14)17-5-6-18(19(13-17)23(25)26)22-9-1-2-10-22/h5-6,13-16H,1-4,7-12H2,(H,21,24). The molecule has 1 amide bonds. The van der Waals surface area contributed by atoms with E-state index in [2.05, 4.69) is 5.32 Å². The lowest BCUT2D eigenvalue weighted by atomic mass is 9.86. The van der Waals surface area contributed by atoms with Crippen LogP contribution in [0, 0.1) is 27.9 Å². The minimum atomic E-state index is -0.375. The van der Waals surface area contributed by atoms with E-state index in [0.29, 0.717) is 17.8 Å². The van der Waals surface area contributed by atoms with E-state index in [4.69, 9.17) is 0 Å². The summed E-state index contributed by atoms with van der Waals surface area (Å²) in [5.41, 5.74) is 1.05. The summed E-state index contributed by atoms with van der Waals surface area (Å²) in [6.07, 6.45) is 8.58. The molecule has 3 aliphatic rings. The average molecular weight is 357 g/mol. The highest BCUT2D eigenvalue weighted by Crippen LogP contribution is 2.49. The van der Waals surface area contributed by atoms with Gasteiger partial charge in [0.2, 0.25) is 0 Å². The predicted molar refractivity (Wildman–Crippen MR) is 100 cm³/mol. The van der Waals surface area contributed by atoms with E-state index < -0.39 is 0 Å². The van der Waals surface area contributed by atoms with Crippen LogP contribution in [-0.2, 0) is 0 Å². The number of anilines is 1. The first-order valence-electron chi connectivity index (χ1n) is 9.93. The highest BCUT2D eigenvalue weighted by Gasteiger charge is 2.38. The van der Waals surface area contributed by atoms with Gasteiger partial charge in [0.25, 0.3) is 11.6 Å². The lowest BCUT2D eigenvalue weighted by molar-refractivity contribution is -0.384. The summed E-state index contributed by atoms with van der Waals surface area (Å²) in [7, 11) is 0. The number of fused-ring (bicyclic) bond motifs is 2. The monoisotopic (exact) mass is 357 g/mol. The Morgan fingerprint density at radius 2 is 2.04 bits per heavy atom. The van der Waals surface area contributed by atoms with Crippen molar-refractivity contribution in [1.29, 1.82) is 0 Å². The zero-order chi connectivity index (χ0) is 18.1. The van der Waals surface area contributed by atoms with Gasteiger partial charge >= 0.3 is 0 Å². The minimum Gasteiger partial charge on any atom is -0.366 e. The molecule has 0 radical (unpaired) electrons. The van der Waals surface area contributed by atoms with E-state index in [9.17, 15) is 14.9 Å². The minimum absolute atomic E-state index is 0.0349. The Morgan fingerprint density at radius 3 is 2.69 bits per heavy atom. The maximum Gasteiger partial charge on any atom is 0.293 e. The quantitative estimate of drug-likeness (QED) is 0.621. The first-order valence-corrected chi connectivity index (χ1v) is 9.93. The fourth-order valence-corrected chi connectivity index (χ4v) is 5.24. The van der Waals surface area contributed by atoms with Crippen molar-refractivity contribution in [1.82, 2.24) is 5.32 Å². The molecule has 1 N–H and O–H groups in total. The zero-order valence-electron chi connectivity index (χ0n) is 15.2. The Morgan fingerprint density at radius 1 is 1.23 bits per heavy atom. The van der Waals surface area contributed by atoms with E-state index in [1.54, 1.807) is 12.1 Å². The number of hydrogen-bond donors (Lipinski definition) is 1. The van der Waals surface area contributed by atoms with Gasteiger partial charge in [-0.25, -0.2) is 0 Å². The summed E-state index contributed by atoms with van der Waals surface area (Å²) in [4.78, 5) is 25.6. The van der Waals surface area contributed by atoms with Crippen molar-refractivity contribution < 1.29 is 9.72 Å². The van der Waals surface area contributed by atoms with Crippen LogP contribution in [0.4, 0.5) is 11.4 Å². The van der Waals surface area contributed by atoms with Crippen LogP contribution in [0.3, 0.4) is 0 Å². The molecule has 0 aromatic heterocycles. The molecular formula is C20H27N3O3. The molecule has 1 saturated heterocycles. The highest BCUT2D eigenvalue weighted by atomic mass is 16.6. The topological polar surface area (TPSA) is 75.5 Å². The second-order valence-electron chi connectivity index (χ2n) is 8.13. The Bertz CT molecular complexity index is 700. The second kappa shape index (κ2) is 7.25. The molecule has 1 heterocycles. The van der Waals surface area contributed by atoms with Crippen LogP contribution in [0.2, 0.25) is 0 Å². The molecule has 26 heavy (non-hydrogen) atoms. The van der Waals surface area contributed by atoms with Gasteiger partial charge in [-0.1, -0.05) is 6.42 Å². The fourth-order valence-electron chi connectivity index (χ4n) is 5.24. The first kappa shape index (κ1) is 17.3. The number of nitro groups is 1. The second-order valence-corrected chi connectivity index (χ2v) is 8.13. The van der Waals surface area contributed by atoms with Crippen LogP contribution in [0.1, 0.15) is 55.3 Å². The molecule has 3 fully saturated rings. The number of nitrogens with zero attached hydrogens (tertiary/aromatic N) is 2. The number of hydrogen-bond acceptors (Lipinski definition) is 4.